The van der Waals surface area contributed by atoms with Gasteiger partial charge in [-0.05, 0) is 134 Å². The molecular weight excluding hydrogens is 851 g/mol. The van der Waals surface area contributed by atoms with E-state index in [1.54, 1.807) is 36.9 Å². The van der Waals surface area contributed by atoms with Crippen molar-refractivity contribution in [1.82, 2.24) is 14.7 Å². The molecule has 3 aliphatic rings. The number of nitrogens with one attached hydrogen (secondary N) is 3. The average molecular weight is 902 g/mol. The molecule has 3 heterocycles. The highest BCUT2D eigenvalue weighted by atomic mass is 32.2. The number of aromatic nitrogens is 2. The molecule has 64 heavy (non-hydrogen) atoms. The number of H-pyrrole nitrogens is 1. The van der Waals surface area contributed by atoms with E-state index < -0.39 is 41.2 Å². The van der Waals surface area contributed by atoms with Gasteiger partial charge in [0.2, 0.25) is 0 Å². The Kier molecular flexibility index (Phi) is 11.9. The topological polar surface area (TPSA) is 189 Å². The third-order valence-corrected chi connectivity index (χ3v) is 14.6. The second-order valence-corrected chi connectivity index (χ2v) is 21.7. The van der Waals surface area contributed by atoms with Crippen LogP contribution in [0.15, 0.2) is 119 Å². The number of carbonyl (C=O) groups is 1. The summed E-state index contributed by atoms with van der Waals surface area (Å²) in [4.78, 5) is 35.0. The normalized spacial score (nSPS) is 19.0. The molecule has 9 rings (SSSR count). The van der Waals surface area contributed by atoms with Gasteiger partial charge in [0.05, 0.1) is 33.7 Å². The zero-order valence-electron chi connectivity index (χ0n) is 35.7. The first kappa shape index (κ1) is 43.0. The molecule has 0 radical (unpaired) electrons. The van der Waals surface area contributed by atoms with Crippen molar-refractivity contribution in [3.63, 3.8) is 0 Å². The molecule has 1 aliphatic heterocycles. The lowest BCUT2D eigenvalue weighted by Gasteiger charge is -2.29. The number of benzene rings is 4. The first-order valence-corrected chi connectivity index (χ1v) is 25.6. The molecule has 3 N–H and O–H groups in total. The molecule has 3 fully saturated rings. The van der Waals surface area contributed by atoms with Gasteiger partial charge in [-0.25, -0.2) is 22.5 Å². The number of hydrogen-bond acceptors (Lipinski definition) is 11. The van der Waals surface area contributed by atoms with Crippen molar-refractivity contribution in [2.24, 2.45) is 10.3 Å². The largest absolute Gasteiger partial charge is 0.455 e. The third-order valence-electron chi connectivity index (χ3n) is 12.5. The summed E-state index contributed by atoms with van der Waals surface area (Å²) < 4.78 is 52.5. The quantitative estimate of drug-likeness (QED) is 0.0701. The minimum absolute atomic E-state index is 0.0329. The molecular formula is C48H51N7O7S2. The number of pyridine rings is 1. The standard InChI is InChI=1S/C48H51N7O7S2/c1-63(2,59)52-36-16-9-31(10-17-36)29-50-43-22-20-39(28-45(43)55(57)58)64(60,61)53-48(56)42-21-15-34(27-46(42)62-38-26-35-23-24-49-47(35)51-30-38)32-13-18-37(19-14-32)54-25-5-8-44(54)41-7-4-3-6-40(41)33-11-12-33/h3-4,6-7,13-15,18-24,26-28,30-31,33,36,44,50H,5,8-12,16-17,25,29H2,1-2H3,(H,49,51)(H,53,56)/t31?,36?,44-/m0/s1. The number of hydrogen-bond donors (Lipinski definition) is 3. The van der Waals surface area contributed by atoms with Crippen molar-refractivity contribution in [2.75, 3.05) is 35.8 Å². The van der Waals surface area contributed by atoms with Gasteiger partial charge in [0, 0.05) is 58.7 Å². The number of aromatic amines is 1. The Morgan fingerprint density at radius 2 is 1.64 bits per heavy atom. The molecule has 6 aromatic rings. The van der Waals surface area contributed by atoms with Gasteiger partial charge in [0.15, 0.2) is 0 Å². The summed E-state index contributed by atoms with van der Waals surface area (Å²) in [5.74, 6) is 0.316. The number of nitrogens with zero attached hydrogens (tertiary/aromatic N) is 4. The molecule has 0 spiro atoms. The SMILES string of the molecule is CS(C)(=O)=NC1CCC(CNc2ccc(S(=O)(=O)NC(=O)c3ccc(-c4ccc(N5CCC[C@H]5c5ccccc5C5CC5)cc4)cc3Oc3cnc4[nH]ccc4c3)cc2[N+](=O)[O-])CC1. The molecule has 0 unspecified atom stereocenters. The summed E-state index contributed by atoms with van der Waals surface area (Å²) in [6.07, 6.45) is 14.4. The maximum atomic E-state index is 14.0. The Bertz CT molecular complexity index is 2960. The Morgan fingerprint density at radius 3 is 2.38 bits per heavy atom. The van der Waals surface area contributed by atoms with Crippen LogP contribution in [0.25, 0.3) is 22.2 Å². The number of fused-ring (bicyclic) bond motifs is 1. The van der Waals surface area contributed by atoms with Gasteiger partial charge in [-0.2, -0.15) is 0 Å². The van der Waals surface area contributed by atoms with E-state index in [2.05, 4.69) is 65.7 Å². The van der Waals surface area contributed by atoms with E-state index in [1.807, 2.05) is 18.2 Å². The predicted octanol–water partition coefficient (Wildman–Crippen LogP) is 9.97. The first-order chi connectivity index (χ1) is 30.8. The maximum Gasteiger partial charge on any atom is 0.293 e. The minimum atomic E-state index is -4.59. The molecule has 1 saturated heterocycles. The summed E-state index contributed by atoms with van der Waals surface area (Å²) in [5.41, 5.74) is 5.94. The number of amides is 1. The smallest absolute Gasteiger partial charge is 0.293 e. The Morgan fingerprint density at radius 1 is 0.891 bits per heavy atom. The molecule has 1 amide bonds. The lowest BCUT2D eigenvalue weighted by atomic mass is 9.86. The number of nitro benzene ring substituents is 1. The van der Waals surface area contributed by atoms with Gasteiger partial charge in [0.25, 0.3) is 21.6 Å². The molecule has 4 aromatic carbocycles. The molecule has 14 nitrogen and oxygen atoms in total. The number of sulfonamides is 1. The fraction of sp³-hybridized carbons (Fsp3) is 0.333. The van der Waals surface area contributed by atoms with Crippen molar-refractivity contribution in [3.8, 4) is 22.6 Å². The number of nitro groups is 1. The number of anilines is 2. The highest BCUT2D eigenvalue weighted by Crippen LogP contribution is 2.47. The van der Waals surface area contributed by atoms with Crippen LogP contribution in [0, 0.1) is 16.0 Å². The Balaban J connectivity index is 0.943. The van der Waals surface area contributed by atoms with E-state index >= 15 is 0 Å². The fourth-order valence-corrected chi connectivity index (χ4v) is 11.1. The van der Waals surface area contributed by atoms with Crippen molar-refractivity contribution < 1.29 is 27.1 Å². The minimum Gasteiger partial charge on any atom is -0.455 e. The van der Waals surface area contributed by atoms with Gasteiger partial charge in [0.1, 0.15) is 22.8 Å². The van der Waals surface area contributed by atoms with Gasteiger partial charge in [-0.3, -0.25) is 19.1 Å². The summed E-state index contributed by atoms with van der Waals surface area (Å²) in [6, 6.07) is 29.6. The van der Waals surface area contributed by atoms with Crippen LogP contribution in [0.2, 0.25) is 0 Å². The lowest BCUT2D eigenvalue weighted by Crippen LogP contribution is -2.31. The Labute approximate surface area is 373 Å². The zero-order valence-corrected chi connectivity index (χ0v) is 37.4. The molecule has 2 aromatic heterocycles. The number of carbonyl (C=O) groups excluding carboxylic acids is 1. The van der Waals surface area contributed by atoms with Crippen molar-refractivity contribution in [1.29, 1.82) is 0 Å². The van der Waals surface area contributed by atoms with E-state index in [4.69, 9.17) is 4.74 Å². The first-order valence-electron chi connectivity index (χ1n) is 21.7. The summed E-state index contributed by atoms with van der Waals surface area (Å²) in [5, 5.41) is 16.1. The third kappa shape index (κ3) is 9.62. The molecule has 2 saturated carbocycles. The molecule has 16 heteroatoms. The van der Waals surface area contributed by atoms with Crippen LogP contribution in [0.5, 0.6) is 11.5 Å². The summed E-state index contributed by atoms with van der Waals surface area (Å²) >= 11 is 0. The van der Waals surface area contributed by atoms with Crippen LogP contribution in [0.1, 0.15) is 84.8 Å². The van der Waals surface area contributed by atoms with Crippen molar-refractivity contribution in [3.05, 3.63) is 136 Å². The van der Waals surface area contributed by atoms with Gasteiger partial charge >= 0.3 is 0 Å². The summed E-state index contributed by atoms with van der Waals surface area (Å²) in [7, 11) is -6.79. The second kappa shape index (κ2) is 17.7. The predicted molar refractivity (Wildman–Crippen MR) is 250 cm³/mol. The van der Waals surface area contributed by atoms with Crippen molar-refractivity contribution in [2.45, 2.75) is 74.3 Å². The van der Waals surface area contributed by atoms with Crippen molar-refractivity contribution >= 4 is 53.8 Å². The maximum absolute atomic E-state index is 14.0. The van der Waals surface area contributed by atoms with Crippen LogP contribution in [0.4, 0.5) is 17.1 Å². The number of ether oxygens (including phenoxy) is 1. The molecule has 332 valence electrons. The second-order valence-electron chi connectivity index (χ2n) is 17.4. The Hall–Kier alpha value is -6.26. The van der Waals surface area contributed by atoms with Gasteiger partial charge in [-0.15, -0.1) is 0 Å². The number of rotatable bonds is 14. The van der Waals surface area contributed by atoms with Crippen LogP contribution in [0.3, 0.4) is 0 Å². The summed E-state index contributed by atoms with van der Waals surface area (Å²) in [6.45, 7) is 1.40. The van der Waals surface area contributed by atoms with E-state index in [-0.39, 0.29) is 29.0 Å². The van der Waals surface area contributed by atoms with Gasteiger partial charge in [-0.1, -0.05) is 42.5 Å². The van der Waals surface area contributed by atoms with E-state index in [1.165, 1.54) is 48.4 Å². The lowest BCUT2D eigenvalue weighted by molar-refractivity contribution is -0.384. The van der Waals surface area contributed by atoms with Crippen LogP contribution in [-0.4, -0.2) is 65.1 Å². The monoisotopic (exact) mass is 901 g/mol. The zero-order chi connectivity index (χ0) is 44.6. The molecule has 0 bridgehead atoms. The van der Waals surface area contributed by atoms with E-state index in [0.29, 0.717) is 29.9 Å². The fourth-order valence-electron chi connectivity index (χ4n) is 9.18. The average Bonchev–Trinajstić information content (AvgIpc) is 3.81. The highest BCUT2D eigenvalue weighted by Gasteiger charge is 2.33. The van der Waals surface area contributed by atoms with Gasteiger partial charge < -0.3 is 19.9 Å². The molecule has 1 atom stereocenters. The highest BCUT2D eigenvalue weighted by molar-refractivity contribution is 7.92. The van der Waals surface area contributed by atoms with Crippen LogP contribution in [-0.2, 0) is 19.8 Å². The van der Waals surface area contributed by atoms with E-state index in [0.717, 1.165) is 73.3 Å². The van der Waals surface area contributed by atoms with E-state index in [9.17, 15) is 27.5 Å². The van der Waals surface area contributed by atoms with Crippen LogP contribution < -0.4 is 19.7 Å². The molecule has 2 aliphatic carbocycles. The van der Waals surface area contributed by atoms with Crippen LogP contribution >= 0.6 is 0 Å².